The molecule has 0 bridgehead atoms. The van der Waals surface area contributed by atoms with Crippen molar-refractivity contribution in [3.05, 3.63) is 0 Å². The van der Waals surface area contributed by atoms with Crippen molar-refractivity contribution in [3.63, 3.8) is 0 Å². The van der Waals surface area contributed by atoms with Crippen LogP contribution in [-0.4, -0.2) is 0 Å². The summed E-state index contributed by atoms with van der Waals surface area (Å²) in [5.74, 6) is 0. The number of rotatable bonds is 0. The molecule has 0 aromatic heterocycles. The van der Waals surface area contributed by atoms with Gasteiger partial charge in [0.15, 0.2) is 0 Å². The maximum absolute atomic E-state index is 0. The molecule has 0 rings (SSSR count). The summed E-state index contributed by atoms with van der Waals surface area (Å²) in [6.07, 6.45) is 0. The van der Waals surface area contributed by atoms with E-state index in [0.29, 0.717) is 0 Å². The van der Waals surface area contributed by atoms with Gasteiger partial charge >= 0.3 is 58.8 Å². The van der Waals surface area contributed by atoms with Crippen LogP contribution in [0.5, 0.6) is 0 Å². The first kappa shape index (κ1) is 62.5. The van der Waals surface area contributed by atoms with Crippen LogP contribution in [0.25, 0.3) is 0 Å². The van der Waals surface area contributed by atoms with Crippen LogP contribution in [0.15, 0.2) is 0 Å². The van der Waals surface area contributed by atoms with E-state index in [4.69, 9.17) is 0 Å². The molecule has 0 nitrogen and oxygen atoms in total. The van der Waals surface area contributed by atoms with E-state index in [1.165, 1.54) is 0 Å². The van der Waals surface area contributed by atoms with Gasteiger partial charge in [-0.2, -0.15) is 0 Å². The molecule has 0 unspecified atom stereocenters. The van der Waals surface area contributed by atoms with Gasteiger partial charge < -0.3 is 49.6 Å². The van der Waals surface area contributed by atoms with Crippen LogP contribution < -0.4 is 68.5 Å². The molecule has 0 heterocycles. The van der Waals surface area contributed by atoms with Crippen molar-refractivity contribution in [3.8, 4) is 0 Å². The van der Waals surface area contributed by atoms with E-state index in [1.807, 2.05) is 0 Å². The Morgan fingerprint density at radius 2 is 0.500 bits per heavy atom. The average molecular weight is 306 g/mol. The Balaban J connectivity index is 0. The standard InChI is InChI=1S/4ClH.Gd.Li/h4*1H;;/q;;;;+3;+1/p-4. The molecule has 0 fully saturated rings. The van der Waals surface area contributed by atoms with Gasteiger partial charge in [0.1, 0.15) is 0 Å². The summed E-state index contributed by atoms with van der Waals surface area (Å²) in [6, 6.07) is 0. The minimum absolute atomic E-state index is 0. The van der Waals surface area contributed by atoms with E-state index in [-0.39, 0.29) is 108 Å². The fourth-order valence-electron chi connectivity index (χ4n) is 0. The molecular weight excluding hydrogens is 306 g/mol. The van der Waals surface area contributed by atoms with E-state index in [0.717, 1.165) is 0 Å². The number of hydrogen-bond acceptors (Lipinski definition) is 0. The van der Waals surface area contributed by atoms with E-state index in [1.54, 1.807) is 0 Å². The summed E-state index contributed by atoms with van der Waals surface area (Å²) in [4.78, 5) is 0. The molecule has 37 valence electrons. The van der Waals surface area contributed by atoms with Crippen molar-refractivity contribution in [2.75, 3.05) is 0 Å². The molecule has 6 heteroatoms. The molecule has 0 saturated heterocycles. The zero-order chi connectivity index (χ0) is 0. The predicted octanol–water partition coefficient (Wildman–Crippen LogP) is -15.0. The van der Waals surface area contributed by atoms with Crippen LogP contribution in [0.4, 0.5) is 0 Å². The summed E-state index contributed by atoms with van der Waals surface area (Å²) >= 11 is 0. The largest absolute Gasteiger partial charge is 3.00 e. The molecule has 0 aromatic carbocycles. The number of halogens is 4. The minimum atomic E-state index is 0. The van der Waals surface area contributed by atoms with E-state index < -0.39 is 0 Å². The molecule has 0 atom stereocenters. The normalized spacial score (nSPS) is 0. The molecule has 0 amide bonds. The van der Waals surface area contributed by atoms with E-state index in [2.05, 4.69) is 0 Å². The SMILES string of the molecule is [Cl-].[Cl-].[Cl-].[Cl-].[Gd+3].[Li+]. The van der Waals surface area contributed by atoms with Crippen LogP contribution in [0, 0.1) is 39.9 Å². The monoisotopic (exact) mass is 305 g/mol. The molecular formula is Cl4GdLi. The smallest absolute Gasteiger partial charge is 1.00 e. The first-order valence-electron chi connectivity index (χ1n) is 0. The van der Waals surface area contributed by atoms with Gasteiger partial charge in [-0.05, 0) is 0 Å². The van der Waals surface area contributed by atoms with Crippen LogP contribution in [0.1, 0.15) is 0 Å². The first-order chi connectivity index (χ1) is 0. The quantitative estimate of drug-likeness (QED) is 0.390. The zero-order valence-electron chi connectivity index (χ0n) is 2.87. The minimum Gasteiger partial charge on any atom is -1.00 e. The van der Waals surface area contributed by atoms with Crippen LogP contribution in [0.2, 0.25) is 0 Å². The van der Waals surface area contributed by atoms with Crippen molar-refractivity contribution >= 4 is 0 Å². The molecule has 0 aliphatic heterocycles. The Hall–Kier alpha value is 3.08. The van der Waals surface area contributed by atoms with E-state index in [9.17, 15) is 0 Å². The summed E-state index contributed by atoms with van der Waals surface area (Å²) in [5, 5.41) is 0. The first-order valence-corrected chi connectivity index (χ1v) is 0. The van der Waals surface area contributed by atoms with Crippen molar-refractivity contribution in [2.24, 2.45) is 0 Å². The van der Waals surface area contributed by atoms with Gasteiger partial charge in [-0.1, -0.05) is 0 Å². The Morgan fingerprint density at radius 3 is 0.500 bits per heavy atom. The van der Waals surface area contributed by atoms with E-state index >= 15 is 0 Å². The second kappa shape index (κ2) is 42.7. The summed E-state index contributed by atoms with van der Waals surface area (Å²) < 4.78 is 0. The average Bonchev–Trinajstić information content (AvgIpc) is 0. The van der Waals surface area contributed by atoms with Crippen molar-refractivity contribution < 1.29 is 108 Å². The summed E-state index contributed by atoms with van der Waals surface area (Å²) in [7, 11) is 0. The van der Waals surface area contributed by atoms with Gasteiger partial charge in [-0.15, -0.1) is 0 Å². The van der Waals surface area contributed by atoms with Crippen LogP contribution in [-0.2, 0) is 0 Å². The Labute approximate surface area is 106 Å². The van der Waals surface area contributed by atoms with Crippen molar-refractivity contribution in [2.45, 2.75) is 0 Å². The predicted molar refractivity (Wildman–Crippen MR) is 0 cm³/mol. The van der Waals surface area contributed by atoms with Crippen molar-refractivity contribution in [1.82, 2.24) is 0 Å². The molecule has 0 saturated carbocycles. The summed E-state index contributed by atoms with van der Waals surface area (Å²) in [5.41, 5.74) is 0. The Kier molecular flexibility index (Phi) is 444. The van der Waals surface area contributed by atoms with Gasteiger partial charge in [0.25, 0.3) is 0 Å². The van der Waals surface area contributed by atoms with Gasteiger partial charge in [-0.3, -0.25) is 0 Å². The third-order valence-electron chi connectivity index (χ3n) is 0. The second-order valence-electron chi connectivity index (χ2n) is 0. The van der Waals surface area contributed by atoms with Gasteiger partial charge in [-0.25, -0.2) is 0 Å². The maximum atomic E-state index is 0. The molecule has 1 radical (unpaired) electrons. The number of hydrogen-bond donors (Lipinski definition) is 0. The van der Waals surface area contributed by atoms with Gasteiger partial charge in [0.2, 0.25) is 0 Å². The third-order valence-corrected chi connectivity index (χ3v) is 0. The second-order valence-corrected chi connectivity index (χ2v) is 0. The molecule has 0 N–H and O–H groups in total. The third kappa shape index (κ3) is 27.6. The van der Waals surface area contributed by atoms with Gasteiger partial charge in [0, 0.05) is 0 Å². The molecule has 6 heavy (non-hydrogen) atoms. The van der Waals surface area contributed by atoms with Crippen LogP contribution in [0.3, 0.4) is 0 Å². The fourth-order valence-corrected chi connectivity index (χ4v) is 0. The zero-order valence-corrected chi connectivity index (χ0v) is 8.16. The maximum Gasteiger partial charge on any atom is 3.00 e. The molecule has 0 aliphatic rings. The summed E-state index contributed by atoms with van der Waals surface area (Å²) in [6.45, 7) is 0. The fraction of sp³-hybridized carbons (Fsp3) is 0. The topological polar surface area (TPSA) is 0 Å². The van der Waals surface area contributed by atoms with Crippen molar-refractivity contribution in [1.29, 1.82) is 0 Å². The molecule has 0 aliphatic carbocycles. The van der Waals surface area contributed by atoms with Gasteiger partial charge in [0.05, 0.1) is 0 Å². The Morgan fingerprint density at radius 1 is 0.500 bits per heavy atom. The molecule has 0 aromatic rings. The van der Waals surface area contributed by atoms with Crippen LogP contribution >= 0.6 is 0 Å². The molecule has 0 spiro atoms. The Bertz CT molecular complexity index is 7.51.